The van der Waals surface area contributed by atoms with Gasteiger partial charge in [0.1, 0.15) is 0 Å². The molecule has 2 aliphatic rings. The Morgan fingerprint density at radius 3 is 2.27 bits per heavy atom. The van der Waals surface area contributed by atoms with Crippen LogP contribution < -0.4 is 0 Å². The Balaban J connectivity index is 1.45. The third-order valence-electron chi connectivity index (χ3n) is 6.00. The Hall–Kier alpha value is -1.36. The second kappa shape index (κ2) is 9.03. The molecule has 1 amide bonds. The Kier molecular flexibility index (Phi) is 6.74. The van der Waals surface area contributed by atoms with Gasteiger partial charge in [-0.2, -0.15) is 0 Å². The summed E-state index contributed by atoms with van der Waals surface area (Å²) >= 11 is 0. The molecule has 1 saturated heterocycles. The molecule has 0 spiro atoms. The lowest BCUT2D eigenvalue weighted by atomic mass is 9.86. The van der Waals surface area contributed by atoms with Crippen molar-refractivity contribution in [3.63, 3.8) is 0 Å². The summed E-state index contributed by atoms with van der Waals surface area (Å²) in [5, 5.41) is -0.315. The molecule has 1 aromatic rings. The van der Waals surface area contributed by atoms with Gasteiger partial charge in [0.2, 0.25) is 5.91 Å². The van der Waals surface area contributed by atoms with Gasteiger partial charge in [0, 0.05) is 19.5 Å². The molecule has 0 unspecified atom stereocenters. The van der Waals surface area contributed by atoms with Gasteiger partial charge in [-0.05, 0) is 30.7 Å². The van der Waals surface area contributed by atoms with E-state index in [9.17, 15) is 13.2 Å². The maximum absolute atomic E-state index is 12.7. The van der Waals surface area contributed by atoms with Crippen LogP contribution in [0.1, 0.15) is 63.4 Å². The fraction of sp³-hybridized carbons (Fsp3) is 0.667. The molecule has 0 bridgehead atoms. The monoisotopic (exact) mass is 377 g/mol. The first-order chi connectivity index (χ1) is 12.5. The van der Waals surface area contributed by atoms with Crippen LogP contribution in [0.2, 0.25) is 0 Å². The van der Waals surface area contributed by atoms with Crippen LogP contribution in [0.4, 0.5) is 0 Å². The maximum atomic E-state index is 12.7. The van der Waals surface area contributed by atoms with E-state index in [1.807, 2.05) is 35.2 Å². The van der Waals surface area contributed by atoms with E-state index in [1.165, 1.54) is 32.1 Å². The minimum absolute atomic E-state index is 0.105. The Bertz CT molecular complexity index is 672. The van der Waals surface area contributed by atoms with E-state index < -0.39 is 9.84 Å². The van der Waals surface area contributed by atoms with E-state index in [4.69, 9.17) is 0 Å². The number of carbonyl (C=O) groups is 1. The summed E-state index contributed by atoms with van der Waals surface area (Å²) in [6.45, 7) is 1.17. The summed E-state index contributed by atoms with van der Waals surface area (Å²) in [5.41, 5.74) is 0.846. The second-order valence-electron chi connectivity index (χ2n) is 7.92. The van der Waals surface area contributed by atoms with Crippen molar-refractivity contribution in [1.82, 2.24) is 4.90 Å². The van der Waals surface area contributed by atoms with Crippen LogP contribution in [0, 0.1) is 5.92 Å². The summed E-state index contributed by atoms with van der Waals surface area (Å²) in [4.78, 5) is 14.4. The van der Waals surface area contributed by atoms with Crippen LogP contribution in [-0.4, -0.2) is 37.6 Å². The number of piperidine rings is 1. The molecular weight excluding hydrogens is 346 g/mol. The third kappa shape index (κ3) is 5.32. The van der Waals surface area contributed by atoms with Crippen LogP contribution in [0.3, 0.4) is 0 Å². The van der Waals surface area contributed by atoms with Crippen molar-refractivity contribution in [3.8, 4) is 0 Å². The highest BCUT2D eigenvalue weighted by molar-refractivity contribution is 7.91. The average Bonchev–Trinajstić information content (AvgIpc) is 2.67. The first-order valence-electron chi connectivity index (χ1n) is 10.1. The Labute approximate surface area is 157 Å². The number of hydrogen-bond acceptors (Lipinski definition) is 3. The molecule has 4 nitrogen and oxygen atoms in total. The Morgan fingerprint density at radius 2 is 1.62 bits per heavy atom. The van der Waals surface area contributed by atoms with Gasteiger partial charge in [-0.3, -0.25) is 4.79 Å². The van der Waals surface area contributed by atoms with Crippen molar-refractivity contribution in [2.45, 2.75) is 68.8 Å². The highest BCUT2D eigenvalue weighted by Crippen LogP contribution is 2.28. The minimum atomic E-state index is -3.15. The summed E-state index contributed by atoms with van der Waals surface area (Å²) in [6, 6.07) is 9.37. The molecule has 1 saturated carbocycles. The number of nitrogens with zero attached hydrogens (tertiary/aromatic N) is 1. The zero-order valence-electron chi connectivity index (χ0n) is 15.6. The first kappa shape index (κ1) is 19.4. The quantitative estimate of drug-likeness (QED) is 0.754. The zero-order chi connectivity index (χ0) is 18.4. The first-order valence-corrected chi connectivity index (χ1v) is 11.8. The number of likely N-dealkylation sites (tertiary alicyclic amines) is 1. The van der Waals surface area contributed by atoms with E-state index in [2.05, 4.69) is 0 Å². The predicted molar refractivity (Wildman–Crippen MR) is 104 cm³/mol. The lowest BCUT2D eigenvalue weighted by Crippen LogP contribution is -2.42. The molecule has 3 rings (SSSR count). The van der Waals surface area contributed by atoms with Crippen LogP contribution >= 0.6 is 0 Å². The predicted octanol–water partition coefficient (Wildman–Crippen LogP) is 3.95. The van der Waals surface area contributed by atoms with Gasteiger partial charge in [-0.15, -0.1) is 0 Å². The van der Waals surface area contributed by atoms with E-state index in [0.29, 0.717) is 32.4 Å². The smallest absolute Gasteiger partial charge is 0.222 e. The van der Waals surface area contributed by atoms with Crippen molar-refractivity contribution in [1.29, 1.82) is 0 Å². The van der Waals surface area contributed by atoms with Crippen LogP contribution in [0.25, 0.3) is 0 Å². The second-order valence-corrected chi connectivity index (χ2v) is 10.2. The van der Waals surface area contributed by atoms with Crippen molar-refractivity contribution < 1.29 is 13.2 Å². The molecule has 0 aromatic heterocycles. The molecule has 1 aromatic carbocycles. The van der Waals surface area contributed by atoms with Gasteiger partial charge in [0.05, 0.1) is 11.0 Å². The molecule has 0 N–H and O–H groups in total. The fourth-order valence-electron chi connectivity index (χ4n) is 4.35. The van der Waals surface area contributed by atoms with Gasteiger partial charge in [-0.1, -0.05) is 62.4 Å². The number of benzene rings is 1. The standard InChI is InChI=1S/C21H31NO3S/c23-21(12-11-18-7-3-1-4-8-18)22-15-13-20(14-16-22)26(24,25)17-19-9-5-2-6-10-19/h2,5-6,9-10,18,20H,1,3-4,7-8,11-17H2. The van der Waals surface area contributed by atoms with Gasteiger partial charge < -0.3 is 4.90 Å². The molecule has 144 valence electrons. The lowest BCUT2D eigenvalue weighted by Gasteiger charge is -2.32. The molecule has 0 atom stereocenters. The van der Waals surface area contributed by atoms with Crippen molar-refractivity contribution in [3.05, 3.63) is 35.9 Å². The number of carbonyl (C=O) groups excluding carboxylic acids is 1. The van der Waals surface area contributed by atoms with Crippen LogP contribution in [0.15, 0.2) is 30.3 Å². The Morgan fingerprint density at radius 1 is 0.962 bits per heavy atom. The molecule has 1 heterocycles. The molecule has 1 aliphatic heterocycles. The summed E-state index contributed by atoms with van der Waals surface area (Å²) in [5.74, 6) is 1.04. The number of hydrogen-bond donors (Lipinski definition) is 0. The van der Waals surface area contributed by atoms with Crippen molar-refractivity contribution in [2.75, 3.05) is 13.1 Å². The van der Waals surface area contributed by atoms with E-state index >= 15 is 0 Å². The molecule has 26 heavy (non-hydrogen) atoms. The largest absolute Gasteiger partial charge is 0.343 e. The number of amides is 1. The summed E-state index contributed by atoms with van der Waals surface area (Å²) in [7, 11) is -3.15. The zero-order valence-corrected chi connectivity index (χ0v) is 16.4. The normalized spacial score (nSPS) is 20.2. The summed E-state index contributed by atoms with van der Waals surface area (Å²) < 4.78 is 25.3. The maximum Gasteiger partial charge on any atom is 0.222 e. The van der Waals surface area contributed by atoms with Gasteiger partial charge >= 0.3 is 0 Å². The average molecular weight is 378 g/mol. The van der Waals surface area contributed by atoms with Crippen molar-refractivity contribution >= 4 is 15.7 Å². The molecular formula is C21H31NO3S. The van der Waals surface area contributed by atoms with E-state index in [1.54, 1.807) is 0 Å². The van der Waals surface area contributed by atoms with Gasteiger partial charge in [-0.25, -0.2) is 8.42 Å². The number of sulfone groups is 1. The fourth-order valence-corrected chi connectivity index (χ4v) is 6.17. The van der Waals surface area contributed by atoms with Gasteiger partial charge in [0.25, 0.3) is 0 Å². The van der Waals surface area contributed by atoms with Crippen molar-refractivity contribution in [2.24, 2.45) is 5.92 Å². The lowest BCUT2D eigenvalue weighted by molar-refractivity contribution is -0.132. The molecule has 2 fully saturated rings. The van der Waals surface area contributed by atoms with E-state index in [-0.39, 0.29) is 16.9 Å². The molecule has 1 aliphatic carbocycles. The molecule has 0 radical (unpaired) electrons. The topological polar surface area (TPSA) is 54.5 Å². The minimum Gasteiger partial charge on any atom is -0.343 e. The highest BCUT2D eigenvalue weighted by Gasteiger charge is 2.31. The van der Waals surface area contributed by atoms with Crippen LogP contribution in [0.5, 0.6) is 0 Å². The molecule has 5 heteroatoms. The SMILES string of the molecule is O=C(CCC1CCCCC1)N1CCC(S(=O)(=O)Cc2ccccc2)CC1. The van der Waals surface area contributed by atoms with Crippen LogP contribution in [-0.2, 0) is 20.4 Å². The third-order valence-corrected chi connectivity index (χ3v) is 8.23. The van der Waals surface area contributed by atoms with E-state index in [0.717, 1.165) is 17.9 Å². The summed E-state index contributed by atoms with van der Waals surface area (Å²) in [6.07, 6.45) is 9.29. The van der Waals surface area contributed by atoms with Gasteiger partial charge in [0.15, 0.2) is 9.84 Å². The number of rotatable bonds is 6. The highest BCUT2D eigenvalue weighted by atomic mass is 32.2.